The summed E-state index contributed by atoms with van der Waals surface area (Å²) >= 11 is 0. The number of hydrogen-bond acceptors (Lipinski definition) is 6. The first-order valence-electron chi connectivity index (χ1n) is 9.76. The summed E-state index contributed by atoms with van der Waals surface area (Å²) in [6, 6.07) is 4.73. The molecule has 7 nitrogen and oxygen atoms in total. The van der Waals surface area contributed by atoms with E-state index in [2.05, 4.69) is 4.90 Å². The fraction of sp³-hybridized carbons (Fsp3) is 0.524. The third-order valence-electron chi connectivity index (χ3n) is 5.34. The summed E-state index contributed by atoms with van der Waals surface area (Å²) in [7, 11) is 1.55. The molecule has 7 heteroatoms. The Kier molecular flexibility index (Phi) is 6.24. The number of aliphatic hydroxyl groups is 1. The van der Waals surface area contributed by atoms with Crippen LogP contribution in [0.1, 0.15) is 38.3 Å². The molecule has 3 rings (SSSR count). The summed E-state index contributed by atoms with van der Waals surface area (Å²) < 4.78 is 11.0. The molecule has 28 heavy (non-hydrogen) atoms. The Morgan fingerprint density at radius 1 is 1.21 bits per heavy atom. The highest BCUT2D eigenvalue weighted by Crippen LogP contribution is 2.40. The van der Waals surface area contributed by atoms with Crippen LogP contribution in [0.3, 0.4) is 0 Å². The van der Waals surface area contributed by atoms with Crippen LogP contribution in [0, 0.1) is 0 Å². The summed E-state index contributed by atoms with van der Waals surface area (Å²) in [5.74, 6) is -0.138. The van der Waals surface area contributed by atoms with Gasteiger partial charge in [-0.25, -0.2) is 0 Å². The predicted octanol–water partition coefficient (Wildman–Crippen LogP) is 2.47. The SMILES string of the molecule is CCOc1ccc(C2C(C(C)=O)=C(O)C(=O)N2CCN2CCCC2)cc1OC. The number of carbonyl (C=O) groups is 2. The van der Waals surface area contributed by atoms with Gasteiger partial charge >= 0.3 is 0 Å². The molecule has 1 N–H and O–H groups in total. The van der Waals surface area contributed by atoms with Gasteiger partial charge in [-0.3, -0.25) is 9.59 Å². The van der Waals surface area contributed by atoms with Crippen LogP contribution >= 0.6 is 0 Å². The first kappa shape index (κ1) is 20.2. The summed E-state index contributed by atoms with van der Waals surface area (Å²) in [6.45, 7) is 6.96. The number of nitrogens with zero attached hydrogens (tertiary/aromatic N) is 2. The number of Topliss-reactive ketones (excluding diaryl/α,β-unsaturated/α-hetero) is 1. The highest BCUT2D eigenvalue weighted by molar-refractivity contribution is 6.08. The summed E-state index contributed by atoms with van der Waals surface area (Å²) in [4.78, 5) is 28.9. The van der Waals surface area contributed by atoms with E-state index in [9.17, 15) is 14.7 Å². The zero-order valence-electron chi connectivity index (χ0n) is 16.7. The second kappa shape index (κ2) is 8.65. The molecule has 152 valence electrons. The van der Waals surface area contributed by atoms with Crippen LogP contribution in [0.4, 0.5) is 0 Å². The van der Waals surface area contributed by atoms with E-state index in [1.807, 2.05) is 13.0 Å². The smallest absolute Gasteiger partial charge is 0.290 e. The normalized spacial score (nSPS) is 20.2. The molecule has 1 saturated heterocycles. The maximum absolute atomic E-state index is 12.7. The summed E-state index contributed by atoms with van der Waals surface area (Å²) in [6.07, 6.45) is 2.32. The van der Waals surface area contributed by atoms with Crippen molar-refractivity contribution >= 4 is 11.7 Å². The second-order valence-corrected chi connectivity index (χ2v) is 7.11. The third kappa shape index (κ3) is 3.85. The quantitative estimate of drug-likeness (QED) is 0.737. The van der Waals surface area contributed by atoms with Gasteiger partial charge in [0, 0.05) is 13.1 Å². The molecule has 0 bridgehead atoms. The zero-order chi connectivity index (χ0) is 20.3. The van der Waals surface area contributed by atoms with Gasteiger partial charge in [0.2, 0.25) is 0 Å². The largest absolute Gasteiger partial charge is 0.503 e. The van der Waals surface area contributed by atoms with Crippen molar-refractivity contribution in [1.82, 2.24) is 9.80 Å². The van der Waals surface area contributed by atoms with Gasteiger partial charge in [-0.1, -0.05) is 6.07 Å². The minimum absolute atomic E-state index is 0.137. The highest BCUT2D eigenvalue weighted by Gasteiger charge is 2.42. The number of likely N-dealkylation sites (tertiary alicyclic amines) is 1. The molecule has 2 aliphatic rings. The van der Waals surface area contributed by atoms with Crippen LogP contribution in [0.2, 0.25) is 0 Å². The molecule has 0 saturated carbocycles. The molecule has 1 aromatic carbocycles. The molecule has 1 aromatic rings. The standard InChI is InChI=1S/C21H28N2O5/c1-4-28-16-8-7-15(13-17(16)27-3)19-18(14(2)24)20(25)21(26)23(19)12-11-22-9-5-6-10-22/h7-8,13,19,25H,4-6,9-12H2,1-3H3. The Balaban J connectivity index is 1.94. The lowest BCUT2D eigenvalue weighted by Gasteiger charge is -2.29. The van der Waals surface area contributed by atoms with Crippen LogP contribution in [0.25, 0.3) is 0 Å². The lowest BCUT2D eigenvalue weighted by molar-refractivity contribution is -0.129. The van der Waals surface area contributed by atoms with Crippen molar-refractivity contribution < 1.29 is 24.2 Å². The predicted molar refractivity (Wildman–Crippen MR) is 105 cm³/mol. The van der Waals surface area contributed by atoms with Gasteiger partial charge in [0.15, 0.2) is 23.0 Å². The maximum Gasteiger partial charge on any atom is 0.290 e. The highest BCUT2D eigenvalue weighted by atomic mass is 16.5. The van der Waals surface area contributed by atoms with Crippen molar-refractivity contribution in [2.75, 3.05) is 39.9 Å². The summed E-state index contributed by atoms with van der Waals surface area (Å²) in [5.41, 5.74) is 0.849. The van der Waals surface area contributed by atoms with Gasteiger partial charge in [-0.15, -0.1) is 0 Å². The molecule has 0 radical (unpaired) electrons. The molecule has 1 unspecified atom stereocenters. The molecule has 0 spiro atoms. The number of hydrogen-bond donors (Lipinski definition) is 1. The number of ketones is 1. The first-order chi connectivity index (χ1) is 13.5. The zero-order valence-corrected chi connectivity index (χ0v) is 16.7. The van der Waals surface area contributed by atoms with E-state index in [0.717, 1.165) is 32.5 Å². The Morgan fingerprint density at radius 2 is 1.93 bits per heavy atom. The minimum atomic E-state index is -0.628. The number of rotatable bonds is 8. The van der Waals surface area contributed by atoms with Crippen LogP contribution in [0.15, 0.2) is 29.5 Å². The van der Waals surface area contributed by atoms with Gasteiger partial charge in [-0.2, -0.15) is 0 Å². The number of benzene rings is 1. The van der Waals surface area contributed by atoms with Gasteiger partial charge in [0.05, 0.1) is 25.3 Å². The van der Waals surface area contributed by atoms with Crippen LogP contribution in [0.5, 0.6) is 11.5 Å². The number of amides is 1. The van der Waals surface area contributed by atoms with Gasteiger partial charge in [0.1, 0.15) is 0 Å². The van der Waals surface area contributed by atoms with E-state index in [1.165, 1.54) is 6.92 Å². The van der Waals surface area contributed by atoms with E-state index < -0.39 is 17.7 Å². The van der Waals surface area contributed by atoms with Crippen LogP contribution in [-0.4, -0.2) is 66.5 Å². The third-order valence-corrected chi connectivity index (χ3v) is 5.34. The fourth-order valence-electron chi connectivity index (χ4n) is 3.97. The molecule has 1 amide bonds. The Labute approximate surface area is 165 Å². The molecule has 1 atom stereocenters. The van der Waals surface area contributed by atoms with Gasteiger partial charge < -0.3 is 24.4 Å². The molecule has 0 aliphatic carbocycles. The van der Waals surface area contributed by atoms with Crippen LogP contribution in [-0.2, 0) is 9.59 Å². The number of methoxy groups -OCH3 is 1. The molecule has 2 aliphatic heterocycles. The number of ether oxygens (including phenoxy) is 2. The lowest BCUT2D eigenvalue weighted by Crippen LogP contribution is -2.37. The van der Waals surface area contributed by atoms with Crippen LogP contribution < -0.4 is 9.47 Å². The van der Waals surface area contributed by atoms with Crippen molar-refractivity contribution in [2.45, 2.75) is 32.7 Å². The molecule has 2 heterocycles. The van der Waals surface area contributed by atoms with Crippen molar-refractivity contribution in [2.24, 2.45) is 0 Å². The summed E-state index contributed by atoms with van der Waals surface area (Å²) in [5, 5.41) is 10.4. The fourth-order valence-corrected chi connectivity index (χ4v) is 3.97. The van der Waals surface area contributed by atoms with Crippen molar-refractivity contribution in [3.63, 3.8) is 0 Å². The Hall–Kier alpha value is -2.54. The Bertz CT molecular complexity index is 783. The molecular weight excluding hydrogens is 360 g/mol. The Morgan fingerprint density at radius 3 is 2.54 bits per heavy atom. The maximum atomic E-state index is 12.7. The first-order valence-corrected chi connectivity index (χ1v) is 9.76. The van der Waals surface area contributed by atoms with E-state index in [0.29, 0.717) is 30.2 Å². The van der Waals surface area contributed by atoms with Gasteiger partial charge in [0.25, 0.3) is 5.91 Å². The minimum Gasteiger partial charge on any atom is -0.503 e. The average molecular weight is 388 g/mol. The molecule has 0 aromatic heterocycles. The number of aliphatic hydroxyl groups excluding tert-OH is 1. The topological polar surface area (TPSA) is 79.3 Å². The molecule has 1 fully saturated rings. The second-order valence-electron chi connectivity index (χ2n) is 7.11. The van der Waals surface area contributed by atoms with E-state index in [4.69, 9.17) is 9.47 Å². The van der Waals surface area contributed by atoms with E-state index in [1.54, 1.807) is 24.1 Å². The van der Waals surface area contributed by atoms with Crippen molar-refractivity contribution in [3.05, 3.63) is 35.1 Å². The van der Waals surface area contributed by atoms with E-state index >= 15 is 0 Å². The van der Waals surface area contributed by atoms with Crippen molar-refractivity contribution in [1.29, 1.82) is 0 Å². The number of carbonyl (C=O) groups excluding carboxylic acids is 2. The molecular formula is C21H28N2O5. The van der Waals surface area contributed by atoms with Crippen molar-refractivity contribution in [3.8, 4) is 11.5 Å². The van der Waals surface area contributed by atoms with Gasteiger partial charge in [-0.05, 0) is 57.5 Å². The lowest BCUT2D eigenvalue weighted by atomic mass is 9.96. The van der Waals surface area contributed by atoms with E-state index in [-0.39, 0.29) is 11.4 Å². The average Bonchev–Trinajstić information content (AvgIpc) is 3.28. The monoisotopic (exact) mass is 388 g/mol.